The number of rotatable bonds is 34. The molecule has 0 spiro atoms. The largest absolute Gasteiger partial charge is 0.472 e. The predicted molar refractivity (Wildman–Crippen MR) is 188 cm³/mol. The maximum atomic E-state index is 13.9. The fourth-order valence-corrected chi connectivity index (χ4v) is 2.61. The topological polar surface area (TPSA) is 108 Å². The van der Waals surface area contributed by atoms with Crippen molar-refractivity contribution in [3.05, 3.63) is 0 Å². The number of nitrogens with zero attached hydrogens (tertiary/aromatic N) is 1. The number of carbonyl (C=O) groups is 2. The minimum atomic E-state index is -5.63. The van der Waals surface area contributed by atoms with Gasteiger partial charge >= 0.3 is 19.8 Å². The molecule has 0 aliphatic heterocycles. The second kappa shape index (κ2) is 30.1. The minimum absolute atomic E-state index is 0.0292. The quantitative estimate of drug-likeness (QED) is 0.0396. The van der Waals surface area contributed by atoms with E-state index in [-0.39, 0.29) is 11.0 Å². The first-order chi connectivity index (χ1) is 42.3. The van der Waals surface area contributed by atoms with Crippen LogP contribution < -0.4 is 0 Å². The molecule has 0 aliphatic rings. The third-order valence-corrected chi connectivity index (χ3v) is 4.68. The average molecular weight is 733 g/mol. The first-order valence-electron chi connectivity index (χ1n) is 39.1. The van der Waals surface area contributed by atoms with Crippen molar-refractivity contribution in [1.82, 2.24) is 0 Å². The third kappa shape index (κ3) is 32.9. The molecule has 0 aromatic rings. The molecular weight excluding hydrogens is 605 g/mol. The van der Waals surface area contributed by atoms with E-state index in [1.807, 2.05) is 0 Å². The Kier molecular flexibility index (Phi) is 5.94. The Morgan fingerprint density at radius 1 is 0.652 bits per heavy atom. The molecule has 0 aromatic heterocycles. The fraction of sp³-hybridized carbons (Fsp3) is 0.944. The molecule has 10 heteroatoms. The number of esters is 2. The fourth-order valence-electron chi connectivity index (χ4n) is 1.87. The van der Waals surface area contributed by atoms with Crippen LogP contribution in [0, 0.1) is 0 Å². The Labute approximate surface area is 358 Å². The van der Waals surface area contributed by atoms with E-state index in [0.717, 1.165) is 0 Å². The van der Waals surface area contributed by atoms with Gasteiger partial charge in [-0.3, -0.25) is 18.6 Å². The van der Waals surface area contributed by atoms with Crippen LogP contribution in [-0.2, 0) is 32.7 Å². The standard InChI is InChI=1S/C36H72NO8P/c1-6-8-10-12-14-16-18-20-22-24-26-28-35(38)42-32-34(33-44-46(40,41)43-31-30-37(3,4)5)45-36(39)29-27-25-23-21-19-17-15-13-11-9-7-2/h34H,6-33H2,1-5H3/p+1/i1D3,2D3,6D2,7D2,8D2,9D2,10D2,11D2,12D2,13D2,14D2,15D2,16D2,17D2,18D2,19D2,20D2,21D2,22D2,23D2,24D2,25D2,26D2,27D2,28D2,29D2. The van der Waals surface area contributed by atoms with E-state index >= 15 is 0 Å². The Hall–Kier alpha value is -0.990. The van der Waals surface area contributed by atoms with Crippen LogP contribution in [-0.4, -0.2) is 74.9 Å². The molecule has 0 saturated carbocycles. The molecule has 0 fully saturated rings. The lowest BCUT2D eigenvalue weighted by molar-refractivity contribution is -0.870. The molecule has 0 saturated heterocycles. The molecule has 2 unspecified atom stereocenters. The van der Waals surface area contributed by atoms with Crippen molar-refractivity contribution in [2.75, 3.05) is 47.5 Å². The van der Waals surface area contributed by atoms with E-state index in [0.29, 0.717) is 0 Å². The number of hydrogen-bond donors (Lipinski definition) is 1. The number of phosphoric ester groups is 1. The van der Waals surface area contributed by atoms with Crippen LogP contribution in [0.4, 0.5) is 0 Å². The van der Waals surface area contributed by atoms with Crippen molar-refractivity contribution in [3.63, 3.8) is 0 Å². The summed E-state index contributed by atoms with van der Waals surface area (Å²) in [5, 5.41) is 0. The van der Waals surface area contributed by atoms with Gasteiger partial charge in [-0.1, -0.05) is 141 Å². The van der Waals surface area contributed by atoms with E-state index < -0.39 is 212 Å². The first-order valence-corrected chi connectivity index (χ1v) is 13.6. The van der Waals surface area contributed by atoms with Crippen molar-refractivity contribution in [1.29, 1.82) is 0 Å². The molecule has 274 valence electrons. The number of hydrogen-bond acceptors (Lipinski definition) is 7. The summed E-state index contributed by atoms with van der Waals surface area (Å²) in [5.74, 6) is -6.02. The summed E-state index contributed by atoms with van der Waals surface area (Å²) >= 11 is 0. The maximum absolute atomic E-state index is 13.9. The van der Waals surface area contributed by atoms with E-state index in [2.05, 4.69) is 14.0 Å². The van der Waals surface area contributed by atoms with Gasteiger partial charge in [0.05, 0.1) is 27.7 Å². The van der Waals surface area contributed by atoms with Crippen LogP contribution in [0.5, 0.6) is 0 Å². The summed E-state index contributed by atoms with van der Waals surface area (Å²) in [6, 6.07) is 0. The van der Waals surface area contributed by atoms with Crippen LogP contribution in [0.1, 0.15) is 241 Å². The summed E-state index contributed by atoms with van der Waals surface area (Å²) in [4.78, 5) is 38.0. The molecule has 0 bridgehead atoms. The predicted octanol–water partition coefficient (Wildman–Crippen LogP) is 9.68. The first kappa shape index (κ1) is 9.08. The lowest BCUT2D eigenvalue weighted by Crippen LogP contribution is -2.37. The Balaban J connectivity index is 8.10. The van der Waals surface area contributed by atoms with Crippen LogP contribution in [0.25, 0.3) is 0 Å². The van der Waals surface area contributed by atoms with Gasteiger partial charge in [-0.15, -0.1) is 0 Å². The van der Waals surface area contributed by atoms with Gasteiger partial charge in [0.1, 0.15) is 19.8 Å². The maximum Gasteiger partial charge on any atom is 0.472 e. The monoisotopic (exact) mass is 733 g/mol. The second-order valence-electron chi connectivity index (χ2n) is 8.24. The van der Waals surface area contributed by atoms with E-state index in [1.165, 1.54) is 21.1 Å². The number of ether oxygens (including phenoxy) is 2. The minimum Gasteiger partial charge on any atom is -0.462 e. The summed E-state index contributed by atoms with van der Waals surface area (Å²) in [5.41, 5.74) is 0. The number of carbonyl (C=O) groups excluding carboxylic acids is 2. The molecule has 0 aliphatic carbocycles. The second-order valence-corrected chi connectivity index (χ2v) is 9.69. The zero-order chi connectivity index (χ0) is 82.4. The number of likely N-dealkylation sites (N-methyl/N-ethyl adjacent to an activating group) is 1. The smallest absolute Gasteiger partial charge is 0.462 e. The Morgan fingerprint density at radius 2 is 1.07 bits per heavy atom. The molecule has 1 N–H and O–H groups in total. The van der Waals surface area contributed by atoms with Crippen molar-refractivity contribution in [3.8, 4) is 0 Å². The SMILES string of the molecule is [2H]C([2H])([2H])C([2H])([2H])C([2H])([2H])C([2H])([2H])C([2H])([2H])C([2H])([2H])C([2H])([2H])C([2H])([2H])C([2H])([2H])C([2H])([2H])C([2H])([2H])C([2H])([2H])C([2H])([2H])C(=O)OCC(COP(=O)(O)OCC[N+](C)(C)C)OC(=O)C([2H])([2H])C([2H])([2H])C([2H])([2H])C([2H])([2H])C([2H])([2H])C([2H])([2H])C([2H])([2H])C([2H])([2H])C([2H])([2H])C([2H])([2H])C([2H])([2H])C([2H])([2H])C([2H])([2H])[2H]. The number of quaternary nitrogens is 1. The van der Waals surface area contributed by atoms with Crippen LogP contribution in [0.2, 0.25) is 0 Å². The molecule has 0 rings (SSSR count). The average Bonchev–Trinajstić information content (AvgIpc) is 0.687. The van der Waals surface area contributed by atoms with Crippen LogP contribution in [0.3, 0.4) is 0 Å². The number of phosphoric acid groups is 1. The van der Waals surface area contributed by atoms with Gasteiger partial charge in [0.2, 0.25) is 0 Å². The highest BCUT2D eigenvalue weighted by molar-refractivity contribution is 7.47. The van der Waals surface area contributed by atoms with Crippen molar-refractivity contribution in [2.24, 2.45) is 0 Å². The molecule has 0 heterocycles. The van der Waals surface area contributed by atoms with Crippen molar-refractivity contribution < 1.29 is 116 Å². The lowest BCUT2D eigenvalue weighted by atomic mass is 10.1. The van der Waals surface area contributed by atoms with E-state index in [1.54, 1.807) is 0 Å². The van der Waals surface area contributed by atoms with Gasteiger partial charge in [0.15, 0.2) is 6.10 Å². The molecule has 9 nitrogen and oxygen atoms in total. The van der Waals surface area contributed by atoms with Gasteiger partial charge < -0.3 is 18.9 Å². The van der Waals surface area contributed by atoms with E-state index in [4.69, 9.17) is 78.5 Å². The molecule has 0 amide bonds. The lowest BCUT2D eigenvalue weighted by Gasteiger charge is -2.24. The van der Waals surface area contributed by atoms with Gasteiger partial charge in [0.25, 0.3) is 0 Å². The summed E-state index contributed by atoms with van der Waals surface area (Å²) in [7, 11) is -1.13. The van der Waals surface area contributed by atoms with Crippen molar-refractivity contribution in [2.45, 2.75) is 173 Å². The highest BCUT2D eigenvalue weighted by atomic mass is 31.2. The molecule has 46 heavy (non-hydrogen) atoms. The highest BCUT2D eigenvalue weighted by Gasteiger charge is 2.27. The zero-order valence-corrected chi connectivity index (χ0v) is 25.5. The Bertz CT molecular complexity index is 2970. The summed E-state index contributed by atoms with van der Waals surface area (Å²) in [6.07, 6.45) is -127. The van der Waals surface area contributed by atoms with Gasteiger partial charge in [-0.25, -0.2) is 4.57 Å². The van der Waals surface area contributed by atoms with E-state index in [9.17, 15) is 19.0 Å². The third-order valence-electron chi connectivity index (χ3n) is 3.69. The van der Waals surface area contributed by atoms with Crippen LogP contribution in [0.15, 0.2) is 0 Å². The summed E-state index contributed by atoms with van der Waals surface area (Å²) in [6.45, 7) is -13.5. The summed E-state index contributed by atoms with van der Waals surface area (Å²) < 4.78 is 472. The zero-order valence-electron chi connectivity index (χ0n) is 78.6. The molecular formula is C36H73NO8P+. The Morgan fingerprint density at radius 3 is 1.50 bits per heavy atom. The highest BCUT2D eigenvalue weighted by Crippen LogP contribution is 2.43. The van der Waals surface area contributed by atoms with Gasteiger partial charge in [-0.05, 0) is 12.7 Å². The van der Waals surface area contributed by atoms with Gasteiger partial charge in [-0.2, -0.15) is 0 Å². The molecule has 2 atom stereocenters. The normalized spacial score (nSPS) is 39.2. The van der Waals surface area contributed by atoms with Crippen LogP contribution >= 0.6 is 7.82 Å². The van der Waals surface area contributed by atoms with Gasteiger partial charge in [0, 0.05) is 86.8 Å². The molecule has 0 radical (unpaired) electrons. The molecule has 0 aromatic carbocycles. The van der Waals surface area contributed by atoms with Crippen molar-refractivity contribution >= 4 is 19.8 Å².